The minimum Gasteiger partial charge on any atom is -0.339 e. The third kappa shape index (κ3) is 2.42. The summed E-state index contributed by atoms with van der Waals surface area (Å²) in [6, 6.07) is 0.305. The number of likely N-dealkylation sites (tertiary alicyclic amines) is 1. The molecule has 18 heavy (non-hydrogen) atoms. The summed E-state index contributed by atoms with van der Waals surface area (Å²) >= 11 is 0. The number of hydrogen-bond acceptors (Lipinski definition) is 5. The highest BCUT2D eigenvalue weighted by Crippen LogP contribution is 2.27. The van der Waals surface area contributed by atoms with E-state index >= 15 is 0 Å². The van der Waals surface area contributed by atoms with Crippen LogP contribution in [-0.2, 0) is 0 Å². The predicted molar refractivity (Wildman–Crippen MR) is 68.4 cm³/mol. The van der Waals surface area contributed by atoms with Crippen molar-refractivity contribution < 1.29 is 4.52 Å². The molecule has 100 valence electrons. The predicted octanol–water partition coefficient (Wildman–Crippen LogP) is 1.69. The van der Waals surface area contributed by atoms with Gasteiger partial charge in [-0.2, -0.15) is 4.98 Å². The molecule has 0 radical (unpaired) electrons. The molecule has 0 aromatic carbocycles. The Bertz CT molecular complexity index is 386. The van der Waals surface area contributed by atoms with E-state index in [0.717, 1.165) is 50.7 Å². The molecule has 2 fully saturated rings. The van der Waals surface area contributed by atoms with E-state index in [1.807, 2.05) is 0 Å². The van der Waals surface area contributed by atoms with E-state index in [9.17, 15) is 0 Å². The van der Waals surface area contributed by atoms with E-state index in [0.29, 0.717) is 12.0 Å². The van der Waals surface area contributed by atoms with Crippen molar-refractivity contribution in [2.75, 3.05) is 26.2 Å². The molecule has 2 aliphatic heterocycles. The number of aromatic nitrogens is 2. The maximum Gasteiger partial charge on any atom is 0.231 e. The monoisotopic (exact) mass is 250 g/mol. The molecule has 3 heterocycles. The van der Waals surface area contributed by atoms with Crippen LogP contribution in [0, 0.1) is 0 Å². The molecule has 1 aromatic heterocycles. The maximum atomic E-state index is 5.47. The van der Waals surface area contributed by atoms with Crippen molar-refractivity contribution >= 4 is 0 Å². The number of likely N-dealkylation sites (N-methyl/N-ethyl adjacent to an activating group) is 1. The second-order valence-electron chi connectivity index (χ2n) is 5.37. The highest BCUT2D eigenvalue weighted by atomic mass is 16.5. The fourth-order valence-corrected chi connectivity index (χ4v) is 2.95. The Kier molecular flexibility index (Phi) is 3.61. The van der Waals surface area contributed by atoms with Crippen molar-refractivity contribution in [3.05, 3.63) is 11.7 Å². The molecule has 0 aliphatic carbocycles. The lowest BCUT2D eigenvalue weighted by Crippen LogP contribution is -2.27. The smallest absolute Gasteiger partial charge is 0.231 e. The Labute approximate surface area is 108 Å². The van der Waals surface area contributed by atoms with Gasteiger partial charge in [0, 0.05) is 6.54 Å². The Morgan fingerprint density at radius 1 is 1.39 bits per heavy atom. The second kappa shape index (κ2) is 5.36. The van der Waals surface area contributed by atoms with E-state index in [-0.39, 0.29) is 0 Å². The van der Waals surface area contributed by atoms with Crippen LogP contribution in [0.15, 0.2) is 4.52 Å². The van der Waals surface area contributed by atoms with Gasteiger partial charge in [-0.25, -0.2) is 0 Å². The Balaban J connectivity index is 1.66. The number of nitrogens with zero attached hydrogens (tertiary/aromatic N) is 3. The van der Waals surface area contributed by atoms with Gasteiger partial charge in [-0.15, -0.1) is 0 Å². The standard InChI is InChI=1S/C13H22N4O/c1-2-17-8-6-10(9-17)13-15-12(16-18-13)11-5-3-4-7-14-11/h10-11,14H,2-9H2,1H3. The molecule has 5 nitrogen and oxygen atoms in total. The Morgan fingerprint density at radius 2 is 2.33 bits per heavy atom. The summed E-state index contributed by atoms with van der Waals surface area (Å²) in [6.45, 7) is 6.60. The molecule has 2 aliphatic rings. The van der Waals surface area contributed by atoms with E-state index in [4.69, 9.17) is 4.52 Å². The summed E-state index contributed by atoms with van der Waals surface area (Å²) in [5, 5.41) is 7.63. The number of rotatable bonds is 3. The number of hydrogen-bond donors (Lipinski definition) is 1. The molecule has 2 atom stereocenters. The van der Waals surface area contributed by atoms with Crippen LogP contribution in [0.1, 0.15) is 56.3 Å². The van der Waals surface area contributed by atoms with Crippen molar-refractivity contribution in [2.24, 2.45) is 0 Å². The maximum absolute atomic E-state index is 5.47. The molecule has 1 aromatic rings. The molecule has 0 bridgehead atoms. The first-order valence-electron chi connectivity index (χ1n) is 7.16. The van der Waals surface area contributed by atoms with Crippen molar-refractivity contribution in [1.82, 2.24) is 20.4 Å². The van der Waals surface area contributed by atoms with Crippen LogP contribution in [0.4, 0.5) is 0 Å². The summed E-state index contributed by atoms with van der Waals surface area (Å²) in [4.78, 5) is 7.06. The third-order valence-corrected chi connectivity index (χ3v) is 4.15. The Morgan fingerprint density at radius 3 is 3.06 bits per heavy atom. The van der Waals surface area contributed by atoms with Crippen molar-refractivity contribution in [3.8, 4) is 0 Å². The van der Waals surface area contributed by atoms with Gasteiger partial charge in [-0.1, -0.05) is 18.5 Å². The lowest BCUT2D eigenvalue weighted by atomic mass is 10.0. The molecule has 3 rings (SSSR count). The molecular weight excluding hydrogens is 228 g/mol. The lowest BCUT2D eigenvalue weighted by Gasteiger charge is -2.19. The summed E-state index contributed by atoms with van der Waals surface area (Å²) in [6.07, 6.45) is 4.79. The van der Waals surface area contributed by atoms with Gasteiger partial charge in [-0.3, -0.25) is 0 Å². The molecule has 5 heteroatoms. The summed E-state index contributed by atoms with van der Waals surface area (Å²) < 4.78 is 5.47. The minimum absolute atomic E-state index is 0.305. The zero-order valence-corrected chi connectivity index (χ0v) is 11.1. The average Bonchev–Trinajstić information content (AvgIpc) is 3.08. The highest BCUT2D eigenvalue weighted by molar-refractivity contribution is 5.02. The number of piperidine rings is 1. The molecule has 0 spiro atoms. The van der Waals surface area contributed by atoms with Gasteiger partial charge in [0.2, 0.25) is 5.89 Å². The van der Waals surface area contributed by atoms with E-state index in [1.165, 1.54) is 12.8 Å². The summed E-state index contributed by atoms with van der Waals surface area (Å²) in [5.74, 6) is 2.14. The normalized spacial score (nSPS) is 29.8. The van der Waals surface area contributed by atoms with Crippen LogP contribution in [0.3, 0.4) is 0 Å². The van der Waals surface area contributed by atoms with Gasteiger partial charge in [-0.05, 0) is 38.9 Å². The van der Waals surface area contributed by atoms with E-state index < -0.39 is 0 Å². The average molecular weight is 250 g/mol. The SMILES string of the molecule is CCN1CCC(c2nc(C3CCCCN3)no2)C1. The van der Waals surface area contributed by atoms with Crippen LogP contribution < -0.4 is 5.32 Å². The first kappa shape index (κ1) is 12.1. The van der Waals surface area contributed by atoms with Crippen LogP contribution >= 0.6 is 0 Å². The lowest BCUT2D eigenvalue weighted by molar-refractivity contribution is 0.319. The van der Waals surface area contributed by atoms with Gasteiger partial charge >= 0.3 is 0 Å². The zero-order valence-electron chi connectivity index (χ0n) is 11.1. The summed E-state index contributed by atoms with van der Waals surface area (Å²) in [7, 11) is 0. The minimum atomic E-state index is 0.305. The first-order valence-corrected chi connectivity index (χ1v) is 7.16. The molecule has 2 saturated heterocycles. The first-order chi connectivity index (χ1) is 8.86. The molecule has 2 unspecified atom stereocenters. The second-order valence-corrected chi connectivity index (χ2v) is 5.37. The van der Waals surface area contributed by atoms with Gasteiger partial charge in [0.1, 0.15) is 0 Å². The van der Waals surface area contributed by atoms with Crippen molar-refractivity contribution in [1.29, 1.82) is 0 Å². The van der Waals surface area contributed by atoms with Crippen LogP contribution in [0.5, 0.6) is 0 Å². The fraction of sp³-hybridized carbons (Fsp3) is 0.846. The molecule has 0 amide bonds. The van der Waals surface area contributed by atoms with Crippen molar-refractivity contribution in [2.45, 2.75) is 44.6 Å². The van der Waals surface area contributed by atoms with Gasteiger partial charge in [0.15, 0.2) is 5.82 Å². The molecular formula is C13H22N4O. The van der Waals surface area contributed by atoms with Crippen LogP contribution in [0.2, 0.25) is 0 Å². The van der Waals surface area contributed by atoms with Gasteiger partial charge in [0.05, 0.1) is 12.0 Å². The number of nitrogens with one attached hydrogen (secondary N) is 1. The quantitative estimate of drug-likeness (QED) is 0.884. The van der Waals surface area contributed by atoms with Gasteiger partial charge in [0.25, 0.3) is 0 Å². The Hall–Kier alpha value is -0.940. The molecule has 1 N–H and O–H groups in total. The van der Waals surface area contributed by atoms with E-state index in [1.54, 1.807) is 0 Å². The molecule has 0 saturated carbocycles. The fourth-order valence-electron chi connectivity index (χ4n) is 2.95. The summed E-state index contributed by atoms with van der Waals surface area (Å²) in [5.41, 5.74) is 0. The van der Waals surface area contributed by atoms with Gasteiger partial charge < -0.3 is 14.7 Å². The van der Waals surface area contributed by atoms with Crippen molar-refractivity contribution in [3.63, 3.8) is 0 Å². The largest absolute Gasteiger partial charge is 0.339 e. The van der Waals surface area contributed by atoms with E-state index in [2.05, 4.69) is 27.3 Å². The van der Waals surface area contributed by atoms with Crippen LogP contribution in [-0.4, -0.2) is 41.2 Å². The topological polar surface area (TPSA) is 54.2 Å². The third-order valence-electron chi connectivity index (χ3n) is 4.15. The highest BCUT2D eigenvalue weighted by Gasteiger charge is 2.29. The zero-order chi connectivity index (χ0) is 12.4. The van der Waals surface area contributed by atoms with Crippen LogP contribution in [0.25, 0.3) is 0 Å².